The van der Waals surface area contributed by atoms with Gasteiger partial charge in [-0.2, -0.15) is 4.98 Å². The van der Waals surface area contributed by atoms with Crippen molar-refractivity contribution >= 4 is 11.2 Å². The molecule has 0 spiro atoms. The molecule has 0 atom stereocenters. The third kappa shape index (κ3) is 3.22. The number of aryl methyl sites for hydroxylation is 1. The summed E-state index contributed by atoms with van der Waals surface area (Å²) in [6.07, 6.45) is 7.41. The van der Waals surface area contributed by atoms with Crippen molar-refractivity contribution in [3.63, 3.8) is 0 Å². The van der Waals surface area contributed by atoms with E-state index in [9.17, 15) is 0 Å². The number of hydrogen-bond acceptors (Lipinski definition) is 3. The molecule has 0 saturated heterocycles. The van der Waals surface area contributed by atoms with Crippen LogP contribution in [0.4, 0.5) is 0 Å². The zero-order chi connectivity index (χ0) is 12.8. The van der Waals surface area contributed by atoms with Gasteiger partial charge in [-0.1, -0.05) is 32.6 Å². The van der Waals surface area contributed by atoms with Crippen LogP contribution in [-0.4, -0.2) is 22.1 Å². The molecule has 18 heavy (non-hydrogen) atoms. The van der Waals surface area contributed by atoms with Gasteiger partial charge in [0.05, 0.1) is 12.6 Å². The Morgan fingerprint density at radius 2 is 1.94 bits per heavy atom. The minimum Gasteiger partial charge on any atom is -0.481 e. The SMILES string of the molecule is CCCCCCCc1nc2nc(OC)ccc2[nH]1. The number of H-pyrrole nitrogens is 1. The van der Waals surface area contributed by atoms with Crippen LogP contribution in [0.15, 0.2) is 12.1 Å². The van der Waals surface area contributed by atoms with Gasteiger partial charge in [0.15, 0.2) is 5.65 Å². The average Bonchev–Trinajstić information content (AvgIpc) is 2.80. The lowest BCUT2D eigenvalue weighted by Gasteiger charge is -1.97. The molecule has 0 aliphatic carbocycles. The first kappa shape index (κ1) is 12.9. The Labute approximate surface area is 108 Å². The van der Waals surface area contributed by atoms with Crippen LogP contribution in [0.5, 0.6) is 5.88 Å². The number of fused-ring (bicyclic) bond motifs is 1. The number of aromatic amines is 1. The van der Waals surface area contributed by atoms with Crippen LogP contribution in [-0.2, 0) is 6.42 Å². The van der Waals surface area contributed by atoms with Gasteiger partial charge in [0.25, 0.3) is 0 Å². The van der Waals surface area contributed by atoms with Crippen molar-refractivity contribution in [3.8, 4) is 5.88 Å². The average molecular weight is 247 g/mol. The molecule has 98 valence electrons. The van der Waals surface area contributed by atoms with E-state index in [1.54, 1.807) is 7.11 Å². The second kappa shape index (κ2) is 6.38. The second-order valence-electron chi connectivity index (χ2n) is 4.57. The molecule has 0 aliphatic heterocycles. The Morgan fingerprint density at radius 3 is 2.72 bits per heavy atom. The van der Waals surface area contributed by atoms with Gasteiger partial charge in [-0.25, -0.2) is 4.98 Å². The summed E-state index contributed by atoms with van der Waals surface area (Å²) in [7, 11) is 1.62. The molecule has 0 aromatic carbocycles. The highest BCUT2D eigenvalue weighted by atomic mass is 16.5. The fourth-order valence-electron chi connectivity index (χ4n) is 2.05. The number of ether oxygens (including phenoxy) is 1. The molecule has 2 heterocycles. The third-order valence-corrected chi connectivity index (χ3v) is 3.10. The molecule has 4 nitrogen and oxygen atoms in total. The van der Waals surface area contributed by atoms with Gasteiger partial charge in [-0.05, 0) is 12.5 Å². The number of nitrogens with one attached hydrogen (secondary N) is 1. The normalized spacial score (nSPS) is 11.0. The van der Waals surface area contributed by atoms with Crippen LogP contribution >= 0.6 is 0 Å². The van der Waals surface area contributed by atoms with Crippen molar-refractivity contribution in [2.45, 2.75) is 45.4 Å². The Kier molecular flexibility index (Phi) is 4.56. The van der Waals surface area contributed by atoms with Crippen molar-refractivity contribution in [2.24, 2.45) is 0 Å². The summed E-state index contributed by atoms with van der Waals surface area (Å²) < 4.78 is 5.09. The molecule has 0 radical (unpaired) electrons. The zero-order valence-electron chi connectivity index (χ0n) is 11.2. The molecule has 0 unspecified atom stereocenters. The predicted octanol–water partition coefficient (Wildman–Crippen LogP) is 3.48. The van der Waals surface area contributed by atoms with Crippen LogP contribution < -0.4 is 4.74 Å². The molecule has 0 fully saturated rings. The minimum atomic E-state index is 0.614. The van der Waals surface area contributed by atoms with Gasteiger partial charge < -0.3 is 9.72 Å². The smallest absolute Gasteiger partial charge is 0.215 e. The monoisotopic (exact) mass is 247 g/mol. The summed E-state index contributed by atoms with van der Waals surface area (Å²) in [5, 5.41) is 0. The highest BCUT2D eigenvalue weighted by Crippen LogP contribution is 2.15. The Balaban J connectivity index is 1.93. The molecule has 2 aromatic heterocycles. The molecule has 0 saturated carbocycles. The maximum atomic E-state index is 5.09. The number of aromatic nitrogens is 3. The lowest BCUT2D eigenvalue weighted by atomic mass is 10.1. The molecule has 0 amide bonds. The molecule has 0 aliphatic rings. The van der Waals surface area contributed by atoms with Crippen molar-refractivity contribution in [3.05, 3.63) is 18.0 Å². The predicted molar refractivity (Wildman–Crippen MR) is 72.9 cm³/mol. The molecule has 4 heteroatoms. The minimum absolute atomic E-state index is 0.614. The number of imidazole rings is 1. The fourth-order valence-corrected chi connectivity index (χ4v) is 2.05. The third-order valence-electron chi connectivity index (χ3n) is 3.10. The highest BCUT2D eigenvalue weighted by Gasteiger charge is 2.05. The van der Waals surface area contributed by atoms with E-state index in [4.69, 9.17) is 4.74 Å². The number of nitrogens with zero attached hydrogens (tertiary/aromatic N) is 2. The summed E-state index contributed by atoms with van der Waals surface area (Å²) in [6, 6.07) is 3.82. The molecule has 2 aromatic rings. The maximum Gasteiger partial charge on any atom is 0.215 e. The van der Waals surface area contributed by atoms with Crippen LogP contribution in [0.2, 0.25) is 0 Å². The summed E-state index contributed by atoms with van der Waals surface area (Å²) in [5.74, 6) is 1.64. The fraction of sp³-hybridized carbons (Fsp3) is 0.571. The summed E-state index contributed by atoms with van der Waals surface area (Å²) in [5.41, 5.74) is 1.73. The van der Waals surface area contributed by atoms with Gasteiger partial charge in [-0.15, -0.1) is 0 Å². The van der Waals surface area contributed by atoms with E-state index >= 15 is 0 Å². The van der Waals surface area contributed by atoms with Gasteiger partial charge >= 0.3 is 0 Å². The van der Waals surface area contributed by atoms with Crippen molar-refractivity contribution in [1.82, 2.24) is 15.0 Å². The van der Waals surface area contributed by atoms with Crippen LogP contribution in [0.3, 0.4) is 0 Å². The first-order valence-electron chi connectivity index (χ1n) is 6.73. The van der Waals surface area contributed by atoms with E-state index in [1.807, 2.05) is 12.1 Å². The quantitative estimate of drug-likeness (QED) is 0.762. The topological polar surface area (TPSA) is 50.8 Å². The largest absolute Gasteiger partial charge is 0.481 e. The Hall–Kier alpha value is -1.58. The van der Waals surface area contributed by atoms with E-state index in [-0.39, 0.29) is 0 Å². The van der Waals surface area contributed by atoms with Gasteiger partial charge in [0.1, 0.15) is 5.82 Å². The van der Waals surface area contributed by atoms with Crippen molar-refractivity contribution in [2.75, 3.05) is 7.11 Å². The molecule has 0 bridgehead atoms. The molecular weight excluding hydrogens is 226 g/mol. The summed E-state index contributed by atoms with van der Waals surface area (Å²) in [6.45, 7) is 2.23. The number of pyridine rings is 1. The van der Waals surface area contributed by atoms with Gasteiger partial charge in [0, 0.05) is 12.5 Å². The van der Waals surface area contributed by atoms with Crippen LogP contribution in [0, 0.1) is 0 Å². The zero-order valence-corrected chi connectivity index (χ0v) is 11.2. The van der Waals surface area contributed by atoms with Crippen molar-refractivity contribution in [1.29, 1.82) is 0 Å². The van der Waals surface area contributed by atoms with Crippen LogP contribution in [0.1, 0.15) is 44.9 Å². The number of methoxy groups -OCH3 is 1. The molecule has 2 rings (SSSR count). The van der Waals surface area contributed by atoms with E-state index < -0.39 is 0 Å². The number of rotatable bonds is 7. The molecular formula is C14H21N3O. The summed E-state index contributed by atoms with van der Waals surface area (Å²) >= 11 is 0. The van der Waals surface area contributed by atoms with E-state index in [1.165, 1.54) is 32.1 Å². The van der Waals surface area contributed by atoms with E-state index in [2.05, 4.69) is 21.9 Å². The van der Waals surface area contributed by atoms with Gasteiger partial charge in [0.2, 0.25) is 5.88 Å². The highest BCUT2D eigenvalue weighted by molar-refractivity contribution is 5.71. The van der Waals surface area contributed by atoms with E-state index in [0.717, 1.165) is 23.4 Å². The standard InChI is InChI=1S/C14H21N3O/c1-3-4-5-6-7-8-12-15-11-9-10-13(18-2)17-14(11)16-12/h9-10H,3-8H2,1-2H3,(H,15,16,17). The molecule has 1 N–H and O–H groups in total. The van der Waals surface area contributed by atoms with Gasteiger partial charge in [-0.3, -0.25) is 0 Å². The Morgan fingerprint density at radius 1 is 1.11 bits per heavy atom. The van der Waals surface area contributed by atoms with Crippen molar-refractivity contribution < 1.29 is 4.74 Å². The first-order valence-corrected chi connectivity index (χ1v) is 6.73. The van der Waals surface area contributed by atoms with Crippen LogP contribution in [0.25, 0.3) is 11.2 Å². The summed E-state index contributed by atoms with van der Waals surface area (Å²) in [4.78, 5) is 12.1. The van der Waals surface area contributed by atoms with E-state index in [0.29, 0.717) is 5.88 Å². The number of unbranched alkanes of at least 4 members (excludes halogenated alkanes) is 4. The number of hydrogen-bond donors (Lipinski definition) is 1. The maximum absolute atomic E-state index is 5.09. The lowest BCUT2D eigenvalue weighted by Crippen LogP contribution is -1.88. The lowest BCUT2D eigenvalue weighted by molar-refractivity contribution is 0.399. The Bertz CT molecular complexity index is 493. The first-order chi connectivity index (χ1) is 8.83. The second-order valence-corrected chi connectivity index (χ2v) is 4.57.